The number of para-hydroxylation sites is 1. The Morgan fingerprint density at radius 2 is 2.04 bits per heavy atom. The number of aliphatic imine (C=N–C) groups is 1. The Morgan fingerprint density at radius 3 is 2.73 bits per heavy atom. The van der Waals surface area contributed by atoms with Crippen LogP contribution in [-0.4, -0.2) is 63.2 Å². The number of halogens is 2. The topological polar surface area (TPSA) is 42.9 Å². The molecule has 26 heavy (non-hydrogen) atoms. The highest BCUT2D eigenvalue weighted by atomic mass is 127. The van der Waals surface area contributed by atoms with Gasteiger partial charge in [0.15, 0.2) is 5.96 Å². The van der Waals surface area contributed by atoms with Crippen molar-refractivity contribution in [3.63, 3.8) is 0 Å². The standard InChI is InChI=1S/C19H30BrN5.HI/c1-3-24-10-8-15(13-24)12-22-19(21-2)23-16-9-11-25(14-16)18-7-5-4-6-17(18)20;/h4-7,15-16H,3,8-14H2,1-2H3,(H2,21,22,23);1H. The summed E-state index contributed by atoms with van der Waals surface area (Å²) in [5, 5.41) is 7.14. The summed E-state index contributed by atoms with van der Waals surface area (Å²) < 4.78 is 1.17. The summed E-state index contributed by atoms with van der Waals surface area (Å²) in [6.45, 7) is 8.94. The van der Waals surface area contributed by atoms with Gasteiger partial charge in [0, 0.05) is 43.7 Å². The average molecular weight is 536 g/mol. The third-order valence-electron chi connectivity index (χ3n) is 5.32. The molecule has 2 heterocycles. The quantitative estimate of drug-likeness (QED) is 0.345. The minimum atomic E-state index is 0. The second-order valence-electron chi connectivity index (χ2n) is 7.03. The van der Waals surface area contributed by atoms with Crippen molar-refractivity contribution in [2.45, 2.75) is 25.8 Å². The Labute approximate surface area is 183 Å². The summed E-state index contributed by atoms with van der Waals surface area (Å²) in [5.41, 5.74) is 1.28. The molecule has 146 valence electrons. The number of benzene rings is 1. The molecule has 2 aliphatic rings. The monoisotopic (exact) mass is 535 g/mol. The lowest BCUT2D eigenvalue weighted by molar-refractivity contribution is 0.341. The van der Waals surface area contributed by atoms with Gasteiger partial charge in [0.05, 0.1) is 5.69 Å². The number of anilines is 1. The lowest BCUT2D eigenvalue weighted by Crippen LogP contribution is -2.46. The van der Waals surface area contributed by atoms with Crippen LogP contribution in [0.15, 0.2) is 33.7 Å². The number of nitrogens with one attached hydrogen (secondary N) is 2. The summed E-state index contributed by atoms with van der Waals surface area (Å²) in [6.07, 6.45) is 2.42. The predicted molar refractivity (Wildman–Crippen MR) is 125 cm³/mol. The summed E-state index contributed by atoms with van der Waals surface area (Å²) in [7, 11) is 1.86. The van der Waals surface area contributed by atoms with E-state index in [1.165, 1.54) is 29.7 Å². The zero-order valence-corrected chi connectivity index (χ0v) is 19.7. The lowest BCUT2D eigenvalue weighted by atomic mass is 10.1. The molecule has 2 fully saturated rings. The van der Waals surface area contributed by atoms with Crippen molar-refractivity contribution in [1.82, 2.24) is 15.5 Å². The molecule has 0 amide bonds. The van der Waals surface area contributed by atoms with Crippen molar-refractivity contribution < 1.29 is 0 Å². The van der Waals surface area contributed by atoms with Gasteiger partial charge in [-0.1, -0.05) is 19.1 Å². The van der Waals surface area contributed by atoms with Gasteiger partial charge in [-0.25, -0.2) is 0 Å². The maximum absolute atomic E-state index is 4.42. The Balaban J connectivity index is 0.00000243. The second kappa shape index (κ2) is 10.7. The van der Waals surface area contributed by atoms with Crippen LogP contribution in [0.1, 0.15) is 19.8 Å². The Bertz CT molecular complexity index is 597. The molecule has 0 aromatic heterocycles. The second-order valence-corrected chi connectivity index (χ2v) is 7.88. The van der Waals surface area contributed by atoms with E-state index >= 15 is 0 Å². The van der Waals surface area contributed by atoms with E-state index in [0.29, 0.717) is 6.04 Å². The third-order valence-corrected chi connectivity index (χ3v) is 5.99. The molecule has 0 radical (unpaired) electrons. The maximum Gasteiger partial charge on any atom is 0.191 e. The molecular weight excluding hydrogens is 505 g/mol. The molecule has 1 aromatic carbocycles. The fourth-order valence-corrected chi connectivity index (χ4v) is 4.34. The fraction of sp³-hybridized carbons (Fsp3) is 0.632. The van der Waals surface area contributed by atoms with Crippen LogP contribution in [0, 0.1) is 5.92 Å². The van der Waals surface area contributed by atoms with Crippen molar-refractivity contribution >= 4 is 51.6 Å². The highest BCUT2D eigenvalue weighted by molar-refractivity contribution is 14.0. The van der Waals surface area contributed by atoms with Crippen LogP contribution in [0.25, 0.3) is 0 Å². The van der Waals surface area contributed by atoms with Crippen molar-refractivity contribution in [3.8, 4) is 0 Å². The SMILES string of the molecule is CCN1CCC(CNC(=NC)NC2CCN(c3ccccc3Br)C2)C1.I. The van der Waals surface area contributed by atoms with Gasteiger partial charge in [-0.3, -0.25) is 4.99 Å². The van der Waals surface area contributed by atoms with E-state index in [-0.39, 0.29) is 24.0 Å². The van der Waals surface area contributed by atoms with Gasteiger partial charge in [0.1, 0.15) is 0 Å². The van der Waals surface area contributed by atoms with E-state index in [1.54, 1.807) is 0 Å². The highest BCUT2D eigenvalue weighted by Crippen LogP contribution is 2.28. The van der Waals surface area contributed by atoms with Crippen LogP contribution in [0.2, 0.25) is 0 Å². The molecule has 2 saturated heterocycles. The lowest BCUT2D eigenvalue weighted by Gasteiger charge is -2.22. The fourth-order valence-electron chi connectivity index (χ4n) is 3.80. The van der Waals surface area contributed by atoms with Gasteiger partial charge in [-0.15, -0.1) is 24.0 Å². The molecule has 0 saturated carbocycles. The molecule has 2 atom stereocenters. The van der Waals surface area contributed by atoms with Crippen molar-refractivity contribution in [2.24, 2.45) is 10.9 Å². The van der Waals surface area contributed by atoms with Crippen LogP contribution >= 0.6 is 39.9 Å². The van der Waals surface area contributed by atoms with Crippen LogP contribution in [0.4, 0.5) is 5.69 Å². The average Bonchev–Trinajstić information content (AvgIpc) is 3.28. The summed E-state index contributed by atoms with van der Waals surface area (Å²) >= 11 is 3.66. The van der Waals surface area contributed by atoms with E-state index in [9.17, 15) is 0 Å². The third kappa shape index (κ3) is 5.73. The Hall–Kier alpha value is -0.540. The van der Waals surface area contributed by atoms with Gasteiger partial charge >= 0.3 is 0 Å². The highest BCUT2D eigenvalue weighted by Gasteiger charge is 2.25. The van der Waals surface area contributed by atoms with Gasteiger partial charge < -0.3 is 20.4 Å². The molecule has 3 rings (SSSR count). The minimum absolute atomic E-state index is 0. The maximum atomic E-state index is 4.42. The molecule has 0 spiro atoms. The first kappa shape index (κ1) is 21.8. The largest absolute Gasteiger partial charge is 0.368 e. The van der Waals surface area contributed by atoms with Crippen LogP contribution in [0.3, 0.4) is 0 Å². The first-order chi connectivity index (χ1) is 12.2. The van der Waals surface area contributed by atoms with Gasteiger partial charge in [0.25, 0.3) is 0 Å². The number of guanidine groups is 1. The molecular formula is C19H31BrIN5. The summed E-state index contributed by atoms with van der Waals surface area (Å²) in [6, 6.07) is 8.89. The Kier molecular flexibility index (Phi) is 8.96. The van der Waals surface area contributed by atoms with Crippen LogP contribution in [0.5, 0.6) is 0 Å². The van der Waals surface area contributed by atoms with Crippen LogP contribution in [-0.2, 0) is 0 Å². The predicted octanol–water partition coefficient (Wildman–Crippen LogP) is 3.15. The van der Waals surface area contributed by atoms with E-state index in [1.807, 2.05) is 7.05 Å². The van der Waals surface area contributed by atoms with Crippen molar-refractivity contribution in [1.29, 1.82) is 0 Å². The van der Waals surface area contributed by atoms with Gasteiger partial charge in [-0.05, 0) is 59.9 Å². The molecule has 1 aromatic rings. The van der Waals surface area contributed by atoms with Crippen LogP contribution < -0.4 is 15.5 Å². The molecule has 7 heteroatoms. The molecule has 5 nitrogen and oxygen atoms in total. The molecule has 2 aliphatic heterocycles. The zero-order valence-electron chi connectivity index (χ0n) is 15.7. The number of nitrogens with zero attached hydrogens (tertiary/aromatic N) is 3. The van der Waals surface area contributed by atoms with Gasteiger partial charge in [0.2, 0.25) is 0 Å². The van der Waals surface area contributed by atoms with E-state index in [2.05, 4.69) is 72.5 Å². The van der Waals surface area contributed by atoms with E-state index < -0.39 is 0 Å². The number of hydrogen-bond acceptors (Lipinski definition) is 3. The molecule has 0 aliphatic carbocycles. The van der Waals surface area contributed by atoms with Crippen molar-refractivity contribution in [3.05, 3.63) is 28.7 Å². The van der Waals surface area contributed by atoms with E-state index in [0.717, 1.165) is 44.5 Å². The number of likely N-dealkylation sites (tertiary alicyclic amines) is 1. The first-order valence-corrected chi connectivity index (χ1v) is 10.2. The van der Waals surface area contributed by atoms with Crippen molar-refractivity contribution in [2.75, 3.05) is 51.2 Å². The van der Waals surface area contributed by atoms with E-state index in [4.69, 9.17) is 0 Å². The smallest absolute Gasteiger partial charge is 0.191 e. The summed E-state index contributed by atoms with van der Waals surface area (Å²) in [4.78, 5) is 9.38. The zero-order chi connectivity index (χ0) is 17.6. The number of hydrogen-bond donors (Lipinski definition) is 2. The molecule has 2 unspecified atom stereocenters. The summed E-state index contributed by atoms with van der Waals surface area (Å²) in [5.74, 6) is 1.67. The first-order valence-electron chi connectivity index (χ1n) is 9.38. The molecule has 0 bridgehead atoms. The van der Waals surface area contributed by atoms with Gasteiger partial charge in [-0.2, -0.15) is 0 Å². The Morgan fingerprint density at radius 1 is 1.23 bits per heavy atom. The molecule has 2 N–H and O–H groups in total. The normalized spacial score (nSPS) is 23.8. The minimum Gasteiger partial charge on any atom is -0.368 e. The number of rotatable bonds is 5.